The Morgan fingerprint density at radius 1 is 1.23 bits per heavy atom. The Kier molecular flexibility index (Phi) is 5.57. The van der Waals surface area contributed by atoms with Crippen LogP contribution in [0.25, 0.3) is 11.0 Å². The Morgan fingerprint density at radius 3 is 2.73 bits per heavy atom. The lowest BCUT2D eigenvalue weighted by Gasteiger charge is -2.12. The first-order valence-electron chi connectivity index (χ1n) is 8.62. The summed E-state index contributed by atoms with van der Waals surface area (Å²) < 4.78 is 16.2. The molecule has 1 amide bonds. The van der Waals surface area contributed by atoms with E-state index in [-0.39, 0.29) is 17.6 Å². The fraction of sp³-hybridized carbons (Fsp3) is 0.300. The molecule has 0 aliphatic rings. The number of carbonyl (C=O) groups excluding carboxylic acids is 1. The van der Waals surface area contributed by atoms with Gasteiger partial charge in [-0.05, 0) is 24.3 Å². The van der Waals surface area contributed by atoms with E-state index in [0.717, 1.165) is 16.9 Å². The number of benzene rings is 2. The molecule has 0 spiro atoms. The van der Waals surface area contributed by atoms with Crippen LogP contribution < -0.4 is 5.32 Å². The minimum absolute atomic E-state index is 0.00445. The van der Waals surface area contributed by atoms with Gasteiger partial charge in [-0.1, -0.05) is 43.6 Å². The van der Waals surface area contributed by atoms with Gasteiger partial charge < -0.3 is 9.88 Å². The van der Waals surface area contributed by atoms with Gasteiger partial charge in [-0.25, -0.2) is 9.37 Å². The lowest BCUT2D eigenvalue weighted by Crippen LogP contribution is -2.30. The highest BCUT2D eigenvalue weighted by Gasteiger charge is 2.15. The van der Waals surface area contributed by atoms with E-state index >= 15 is 0 Å². The van der Waals surface area contributed by atoms with Gasteiger partial charge in [0.05, 0.1) is 17.6 Å². The minimum Gasteiger partial charge on any atom is -0.355 e. The van der Waals surface area contributed by atoms with E-state index in [9.17, 15) is 9.18 Å². The number of nitrogens with zero attached hydrogens (tertiary/aromatic N) is 2. The third-order valence-electron chi connectivity index (χ3n) is 4.28. The predicted molar refractivity (Wildman–Crippen MR) is 102 cm³/mol. The molecule has 0 fully saturated rings. The number of imidazole rings is 1. The zero-order chi connectivity index (χ0) is 18.7. The molecule has 0 aliphatic heterocycles. The zero-order valence-corrected chi connectivity index (χ0v) is 15.6. The number of halogens is 2. The molecule has 136 valence electrons. The lowest BCUT2D eigenvalue weighted by molar-refractivity contribution is -0.123. The van der Waals surface area contributed by atoms with Gasteiger partial charge >= 0.3 is 0 Å². The van der Waals surface area contributed by atoms with Crippen molar-refractivity contribution in [3.05, 3.63) is 64.7 Å². The molecule has 0 radical (unpaired) electrons. The second kappa shape index (κ2) is 7.87. The molecule has 0 atom stereocenters. The van der Waals surface area contributed by atoms with Crippen LogP contribution in [-0.2, 0) is 17.8 Å². The zero-order valence-electron chi connectivity index (χ0n) is 14.8. The molecule has 0 saturated carbocycles. The highest BCUT2D eigenvalue weighted by molar-refractivity contribution is 6.31. The van der Waals surface area contributed by atoms with Crippen molar-refractivity contribution in [3.8, 4) is 0 Å². The number of nitrogens with one attached hydrogen (secondary N) is 1. The summed E-state index contributed by atoms with van der Waals surface area (Å²) in [6, 6.07) is 12.4. The third-order valence-corrected chi connectivity index (χ3v) is 4.64. The topological polar surface area (TPSA) is 46.9 Å². The Morgan fingerprint density at radius 2 is 2.00 bits per heavy atom. The molecule has 3 rings (SSSR count). The van der Waals surface area contributed by atoms with Crippen LogP contribution in [0.15, 0.2) is 42.5 Å². The normalized spacial score (nSPS) is 11.3. The summed E-state index contributed by atoms with van der Waals surface area (Å²) in [7, 11) is 0. The molecule has 4 nitrogen and oxygen atoms in total. The van der Waals surface area contributed by atoms with Gasteiger partial charge in [0.2, 0.25) is 5.91 Å². The van der Waals surface area contributed by atoms with E-state index in [1.807, 2.05) is 42.7 Å². The van der Waals surface area contributed by atoms with Crippen LogP contribution in [-0.4, -0.2) is 22.0 Å². The largest absolute Gasteiger partial charge is 0.355 e. The van der Waals surface area contributed by atoms with Gasteiger partial charge in [-0.3, -0.25) is 4.79 Å². The molecule has 0 aliphatic carbocycles. The SMILES string of the molecule is CC(C)C(=O)NCCc1nc2ccccc2n1Cc1c(F)cccc1Cl. The minimum atomic E-state index is -0.339. The average Bonchev–Trinajstić information content (AvgIpc) is 2.95. The molecule has 2 aromatic carbocycles. The smallest absolute Gasteiger partial charge is 0.222 e. The molecule has 0 saturated heterocycles. The van der Waals surface area contributed by atoms with Gasteiger partial charge in [0.25, 0.3) is 0 Å². The molecule has 3 aromatic rings. The van der Waals surface area contributed by atoms with Crippen molar-refractivity contribution in [2.24, 2.45) is 5.92 Å². The quantitative estimate of drug-likeness (QED) is 0.704. The van der Waals surface area contributed by atoms with E-state index in [1.165, 1.54) is 6.07 Å². The highest BCUT2D eigenvalue weighted by Crippen LogP contribution is 2.24. The molecular formula is C20H21ClFN3O. The van der Waals surface area contributed by atoms with Crippen molar-refractivity contribution in [2.45, 2.75) is 26.8 Å². The van der Waals surface area contributed by atoms with Crippen molar-refractivity contribution in [2.75, 3.05) is 6.54 Å². The van der Waals surface area contributed by atoms with Crippen molar-refractivity contribution in [3.63, 3.8) is 0 Å². The van der Waals surface area contributed by atoms with Gasteiger partial charge in [-0.2, -0.15) is 0 Å². The monoisotopic (exact) mass is 373 g/mol. The molecule has 1 heterocycles. The van der Waals surface area contributed by atoms with E-state index in [0.29, 0.717) is 30.1 Å². The Bertz CT molecular complexity index is 916. The lowest BCUT2D eigenvalue weighted by atomic mass is 10.2. The molecule has 26 heavy (non-hydrogen) atoms. The van der Waals surface area contributed by atoms with Gasteiger partial charge in [-0.15, -0.1) is 0 Å². The van der Waals surface area contributed by atoms with Gasteiger partial charge in [0.1, 0.15) is 11.6 Å². The second-order valence-corrected chi connectivity index (χ2v) is 6.91. The number of rotatable bonds is 6. The van der Waals surface area contributed by atoms with E-state index in [4.69, 9.17) is 11.6 Å². The van der Waals surface area contributed by atoms with Crippen LogP contribution in [0.3, 0.4) is 0 Å². The fourth-order valence-electron chi connectivity index (χ4n) is 2.84. The van der Waals surface area contributed by atoms with Crippen LogP contribution in [0, 0.1) is 11.7 Å². The van der Waals surface area contributed by atoms with Crippen LogP contribution in [0.2, 0.25) is 5.02 Å². The number of para-hydroxylation sites is 2. The second-order valence-electron chi connectivity index (χ2n) is 6.50. The Hall–Kier alpha value is -2.40. The summed E-state index contributed by atoms with van der Waals surface area (Å²) in [5.41, 5.74) is 2.19. The molecule has 0 bridgehead atoms. The first-order valence-corrected chi connectivity index (χ1v) is 9.00. The van der Waals surface area contributed by atoms with E-state index < -0.39 is 0 Å². The third kappa shape index (κ3) is 3.88. The summed E-state index contributed by atoms with van der Waals surface area (Å²) >= 11 is 6.20. The summed E-state index contributed by atoms with van der Waals surface area (Å²) in [6.45, 7) is 4.47. The molecular weight excluding hydrogens is 353 g/mol. The van der Waals surface area contributed by atoms with Crippen LogP contribution in [0.1, 0.15) is 25.2 Å². The summed E-state index contributed by atoms with van der Waals surface area (Å²) in [5, 5.41) is 3.29. The number of aromatic nitrogens is 2. The fourth-order valence-corrected chi connectivity index (χ4v) is 3.06. The highest BCUT2D eigenvalue weighted by atomic mass is 35.5. The summed E-state index contributed by atoms with van der Waals surface area (Å²) in [5.74, 6) is 0.389. The van der Waals surface area contributed by atoms with Crippen molar-refractivity contribution < 1.29 is 9.18 Å². The maximum Gasteiger partial charge on any atom is 0.222 e. The maximum atomic E-state index is 14.2. The van der Waals surface area contributed by atoms with Crippen LogP contribution in [0.5, 0.6) is 0 Å². The maximum absolute atomic E-state index is 14.2. The van der Waals surface area contributed by atoms with Crippen LogP contribution >= 0.6 is 11.6 Å². The molecule has 1 N–H and O–H groups in total. The molecule has 6 heteroatoms. The number of carbonyl (C=O) groups is 1. The average molecular weight is 374 g/mol. The molecule has 0 unspecified atom stereocenters. The number of amides is 1. The molecule has 1 aromatic heterocycles. The number of fused-ring (bicyclic) bond motifs is 1. The van der Waals surface area contributed by atoms with Gasteiger partial charge in [0.15, 0.2) is 0 Å². The number of hydrogen-bond acceptors (Lipinski definition) is 2. The summed E-state index contributed by atoms with van der Waals surface area (Å²) in [4.78, 5) is 16.4. The van der Waals surface area contributed by atoms with E-state index in [1.54, 1.807) is 12.1 Å². The Labute approximate surface area is 157 Å². The predicted octanol–water partition coefficient (Wildman–Crippen LogP) is 4.19. The van der Waals surface area contributed by atoms with Crippen molar-refractivity contribution in [1.29, 1.82) is 0 Å². The Balaban J connectivity index is 1.91. The van der Waals surface area contributed by atoms with Crippen LogP contribution in [0.4, 0.5) is 4.39 Å². The van der Waals surface area contributed by atoms with Crippen molar-refractivity contribution >= 4 is 28.5 Å². The van der Waals surface area contributed by atoms with E-state index in [2.05, 4.69) is 10.3 Å². The standard InChI is InChI=1S/C20H21ClFN3O/c1-13(2)20(26)23-11-10-19-24-17-8-3-4-9-18(17)25(19)12-14-15(21)6-5-7-16(14)22/h3-9,13H,10-12H2,1-2H3,(H,23,26). The van der Waals surface area contributed by atoms with Gasteiger partial charge in [0, 0.05) is 29.5 Å². The van der Waals surface area contributed by atoms with Crippen molar-refractivity contribution in [1.82, 2.24) is 14.9 Å². The first kappa shape index (κ1) is 18.4. The number of hydrogen-bond donors (Lipinski definition) is 1. The summed E-state index contributed by atoms with van der Waals surface area (Å²) in [6.07, 6.45) is 0.555. The first-order chi connectivity index (χ1) is 12.5.